The molecule has 1 aliphatic carbocycles. The van der Waals surface area contributed by atoms with Gasteiger partial charge in [0.25, 0.3) is 0 Å². The molecule has 2 aromatic carbocycles. The van der Waals surface area contributed by atoms with E-state index < -0.39 is 23.8 Å². The lowest BCUT2D eigenvalue weighted by atomic mass is 9.62. The second-order valence-corrected chi connectivity index (χ2v) is 9.44. The van der Waals surface area contributed by atoms with Crippen LogP contribution in [0, 0.1) is 0 Å². The van der Waals surface area contributed by atoms with Crippen molar-refractivity contribution < 1.29 is 28.9 Å². The normalized spacial score (nSPS) is 27.1. The van der Waals surface area contributed by atoms with E-state index >= 15 is 0 Å². The van der Waals surface area contributed by atoms with Crippen LogP contribution in [0.4, 0.5) is 10.5 Å². The second-order valence-electron chi connectivity index (χ2n) is 9.44. The molecule has 1 spiro atoms. The Bertz CT molecular complexity index is 1180. The van der Waals surface area contributed by atoms with Gasteiger partial charge >= 0.3 is 12.1 Å². The minimum atomic E-state index is -1.02. The van der Waals surface area contributed by atoms with Gasteiger partial charge in [0.2, 0.25) is 0 Å². The number of nitrogens with zero attached hydrogens (tertiary/aromatic N) is 1. The first-order valence-electron chi connectivity index (χ1n) is 11.3. The summed E-state index contributed by atoms with van der Waals surface area (Å²) in [7, 11) is 3.77. The molecule has 8 nitrogen and oxygen atoms in total. The summed E-state index contributed by atoms with van der Waals surface area (Å²) in [5.74, 6) is 0.475. The molecular weight excluding hydrogens is 436 g/mol. The molecule has 0 aromatic heterocycles. The SMILES string of the molecule is COc1ccc2c3c1O[C@@]1(C)C[C@@H](OC(=O)Nc4ccc(C(=O)O)cc4)C=C[C@@]31CCN(C)C2. The molecule has 178 valence electrons. The third-order valence-electron chi connectivity index (χ3n) is 7.30. The fourth-order valence-electron chi connectivity index (χ4n) is 5.55. The van der Waals surface area contributed by atoms with Crippen LogP contribution in [0.1, 0.15) is 41.3 Å². The molecule has 2 heterocycles. The molecule has 0 fully saturated rings. The van der Waals surface area contributed by atoms with E-state index in [0.717, 1.165) is 25.3 Å². The number of carbonyl (C=O) groups excluding carboxylic acids is 1. The molecule has 3 aliphatic rings. The number of benzene rings is 2. The van der Waals surface area contributed by atoms with Gasteiger partial charge in [0, 0.05) is 24.2 Å². The van der Waals surface area contributed by atoms with Crippen molar-refractivity contribution in [2.45, 2.75) is 43.4 Å². The van der Waals surface area contributed by atoms with Crippen molar-refractivity contribution in [3.05, 3.63) is 65.2 Å². The van der Waals surface area contributed by atoms with Crippen LogP contribution in [-0.2, 0) is 16.7 Å². The molecule has 3 atom stereocenters. The molecule has 2 aromatic rings. The molecule has 0 radical (unpaired) electrons. The Kier molecular flexibility index (Phi) is 5.28. The quantitative estimate of drug-likeness (QED) is 0.655. The number of rotatable bonds is 4. The van der Waals surface area contributed by atoms with Crippen molar-refractivity contribution in [2.75, 3.05) is 26.0 Å². The van der Waals surface area contributed by atoms with Gasteiger partial charge in [0.05, 0.1) is 18.1 Å². The number of hydrogen-bond donors (Lipinski definition) is 2. The Hall–Kier alpha value is -3.52. The molecule has 0 unspecified atom stereocenters. The molecular formula is C26H28N2O6. The number of hydrogen-bond acceptors (Lipinski definition) is 6. The first-order valence-corrected chi connectivity index (χ1v) is 11.3. The zero-order valence-corrected chi connectivity index (χ0v) is 19.5. The molecule has 34 heavy (non-hydrogen) atoms. The van der Waals surface area contributed by atoms with Crippen molar-refractivity contribution in [3.8, 4) is 11.5 Å². The smallest absolute Gasteiger partial charge is 0.412 e. The van der Waals surface area contributed by atoms with Gasteiger partial charge in [0.15, 0.2) is 11.5 Å². The lowest BCUT2D eigenvalue weighted by Gasteiger charge is -2.44. The minimum Gasteiger partial charge on any atom is -0.493 e. The summed E-state index contributed by atoms with van der Waals surface area (Å²) in [6.07, 6.45) is 4.42. The molecule has 8 heteroatoms. The predicted octanol–water partition coefficient (Wildman–Crippen LogP) is 4.20. The van der Waals surface area contributed by atoms with Crippen LogP contribution in [-0.4, -0.2) is 54.5 Å². The van der Waals surface area contributed by atoms with Gasteiger partial charge in [-0.25, -0.2) is 9.59 Å². The molecule has 2 aliphatic heterocycles. The van der Waals surface area contributed by atoms with E-state index in [-0.39, 0.29) is 11.0 Å². The van der Waals surface area contributed by atoms with Gasteiger partial charge in [-0.15, -0.1) is 0 Å². The summed E-state index contributed by atoms with van der Waals surface area (Å²) in [6, 6.07) is 10.0. The van der Waals surface area contributed by atoms with Crippen molar-refractivity contribution in [1.82, 2.24) is 4.90 Å². The molecule has 0 saturated heterocycles. The van der Waals surface area contributed by atoms with E-state index in [2.05, 4.69) is 36.3 Å². The average Bonchev–Trinajstić information content (AvgIpc) is 2.97. The molecule has 5 rings (SSSR count). The number of amides is 1. The first kappa shape index (κ1) is 22.3. The third-order valence-corrected chi connectivity index (χ3v) is 7.30. The maximum absolute atomic E-state index is 12.6. The largest absolute Gasteiger partial charge is 0.493 e. The van der Waals surface area contributed by atoms with E-state index in [0.29, 0.717) is 17.9 Å². The molecule has 0 bridgehead atoms. The Balaban J connectivity index is 1.39. The van der Waals surface area contributed by atoms with Crippen LogP contribution >= 0.6 is 0 Å². The number of anilines is 1. The van der Waals surface area contributed by atoms with Crippen molar-refractivity contribution in [1.29, 1.82) is 0 Å². The topological polar surface area (TPSA) is 97.3 Å². The van der Waals surface area contributed by atoms with Gasteiger partial charge in [0.1, 0.15) is 11.7 Å². The number of carboxylic acid groups (broad SMARTS) is 1. The number of ether oxygens (including phenoxy) is 3. The summed E-state index contributed by atoms with van der Waals surface area (Å²) in [4.78, 5) is 25.9. The maximum atomic E-state index is 12.6. The lowest BCUT2D eigenvalue weighted by molar-refractivity contribution is -0.00488. The van der Waals surface area contributed by atoms with E-state index in [1.807, 2.05) is 12.1 Å². The van der Waals surface area contributed by atoms with Gasteiger partial charge in [-0.05, 0) is 68.9 Å². The number of carboxylic acids is 1. The number of aromatic carboxylic acids is 1. The summed E-state index contributed by atoms with van der Waals surface area (Å²) in [5.41, 5.74) is 2.08. The fourth-order valence-corrected chi connectivity index (χ4v) is 5.55. The molecule has 0 saturated carbocycles. The van der Waals surface area contributed by atoms with Gasteiger partial charge in [-0.1, -0.05) is 12.1 Å². The van der Waals surface area contributed by atoms with Crippen LogP contribution in [0.25, 0.3) is 0 Å². The summed E-state index contributed by atoms with van der Waals surface area (Å²) in [5, 5.41) is 11.7. The second kappa shape index (κ2) is 8.06. The Morgan fingerprint density at radius 3 is 2.68 bits per heavy atom. The Morgan fingerprint density at radius 2 is 1.97 bits per heavy atom. The van der Waals surface area contributed by atoms with Crippen molar-refractivity contribution in [2.24, 2.45) is 0 Å². The highest BCUT2D eigenvalue weighted by molar-refractivity contribution is 5.89. The highest BCUT2D eigenvalue weighted by atomic mass is 16.6. The number of carbonyl (C=O) groups is 2. The van der Waals surface area contributed by atoms with E-state index in [1.54, 1.807) is 7.11 Å². The molecule has 1 amide bonds. The van der Waals surface area contributed by atoms with Crippen LogP contribution < -0.4 is 14.8 Å². The van der Waals surface area contributed by atoms with Crippen LogP contribution in [0.15, 0.2) is 48.6 Å². The molecule has 2 N–H and O–H groups in total. The van der Waals surface area contributed by atoms with E-state index in [1.165, 1.54) is 35.4 Å². The standard InChI is InChI=1S/C26H28N2O6/c1-25-14-19(33-24(31)27-18-7-4-16(5-8-18)23(29)30)10-11-26(25)12-13-28(2)15-17-6-9-20(32-3)22(34-25)21(17)26/h4-11,19H,12-15H2,1-3H3,(H,27,31)(H,29,30)/t19-,25-,26+/m0/s1. The van der Waals surface area contributed by atoms with Crippen molar-refractivity contribution >= 4 is 17.7 Å². The maximum Gasteiger partial charge on any atom is 0.412 e. The van der Waals surface area contributed by atoms with E-state index in [9.17, 15) is 9.59 Å². The highest BCUT2D eigenvalue weighted by Crippen LogP contribution is 2.60. The number of methoxy groups -OCH3 is 1. The van der Waals surface area contributed by atoms with Gasteiger partial charge in [-0.2, -0.15) is 0 Å². The predicted molar refractivity (Wildman–Crippen MR) is 126 cm³/mol. The Labute approximate surface area is 198 Å². The monoisotopic (exact) mass is 464 g/mol. The van der Waals surface area contributed by atoms with Crippen molar-refractivity contribution in [3.63, 3.8) is 0 Å². The summed E-state index contributed by atoms with van der Waals surface area (Å²) < 4.78 is 18.0. The highest BCUT2D eigenvalue weighted by Gasteiger charge is 2.60. The third kappa shape index (κ3) is 3.49. The zero-order chi connectivity index (χ0) is 24.1. The average molecular weight is 465 g/mol. The van der Waals surface area contributed by atoms with E-state index in [4.69, 9.17) is 19.3 Å². The first-order chi connectivity index (χ1) is 16.2. The number of nitrogens with one attached hydrogen (secondary N) is 1. The summed E-state index contributed by atoms with van der Waals surface area (Å²) in [6.45, 7) is 3.84. The van der Waals surface area contributed by atoms with Crippen LogP contribution in [0.2, 0.25) is 0 Å². The summed E-state index contributed by atoms with van der Waals surface area (Å²) >= 11 is 0. The van der Waals surface area contributed by atoms with Crippen LogP contribution in [0.3, 0.4) is 0 Å². The zero-order valence-electron chi connectivity index (χ0n) is 19.5. The fraction of sp³-hybridized carbons (Fsp3) is 0.385. The van der Waals surface area contributed by atoms with Gasteiger partial charge < -0.3 is 24.2 Å². The lowest BCUT2D eigenvalue weighted by Crippen LogP contribution is -2.53. The van der Waals surface area contributed by atoms with Gasteiger partial charge in [-0.3, -0.25) is 5.32 Å². The Morgan fingerprint density at radius 1 is 1.21 bits per heavy atom. The van der Waals surface area contributed by atoms with Crippen LogP contribution in [0.5, 0.6) is 11.5 Å². The minimum absolute atomic E-state index is 0.147.